The van der Waals surface area contributed by atoms with E-state index in [1.54, 1.807) is 0 Å². The molecule has 2 aromatic carbocycles. The molecular weight excluding hydrogens is 292 g/mol. The highest BCUT2D eigenvalue weighted by atomic mass is 16.5. The molecule has 6 heteroatoms. The van der Waals surface area contributed by atoms with Crippen LogP contribution in [-0.4, -0.2) is 23.6 Å². The molecular formula is C17H16N4O2. The molecule has 0 unspecified atom stereocenters. The van der Waals surface area contributed by atoms with Gasteiger partial charge in [0.15, 0.2) is 6.33 Å². The fourth-order valence-electron chi connectivity index (χ4n) is 2.58. The normalized spacial score (nSPS) is 10.3. The lowest BCUT2D eigenvalue weighted by Gasteiger charge is -2.13. The summed E-state index contributed by atoms with van der Waals surface area (Å²) in [6.07, 6.45) is 2.05. The van der Waals surface area contributed by atoms with Gasteiger partial charge in [-0.05, 0) is 41.8 Å². The summed E-state index contributed by atoms with van der Waals surface area (Å²) in [5.41, 5.74) is 5.63. The SMILES string of the molecule is CNc1cc(-c2cccc(-c3ncno3)c2C)ccc1NC=O. The van der Waals surface area contributed by atoms with Crippen molar-refractivity contribution in [1.82, 2.24) is 10.1 Å². The molecule has 3 rings (SSSR count). The number of carbonyl (C=O) groups excluding carboxylic acids is 1. The van der Waals surface area contributed by atoms with Crippen LogP contribution < -0.4 is 10.6 Å². The second-order valence-corrected chi connectivity index (χ2v) is 5.00. The van der Waals surface area contributed by atoms with E-state index >= 15 is 0 Å². The van der Waals surface area contributed by atoms with Crippen molar-refractivity contribution in [2.75, 3.05) is 17.7 Å². The van der Waals surface area contributed by atoms with Gasteiger partial charge in [-0.3, -0.25) is 4.79 Å². The molecule has 0 aliphatic carbocycles. The monoisotopic (exact) mass is 308 g/mol. The predicted molar refractivity (Wildman–Crippen MR) is 89.1 cm³/mol. The molecule has 0 aliphatic rings. The van der Waals surface area contributed by atoms with Gasteiger partial charge in [0.25, 0.3) is 5.89 Å². The number of nitrogens with zero attached hydrogens (tertiary/aromatic N) is 2. The average molecular weight is 308 g/mol. The third-order valence-electron chi connectivity index (χ3n) is 3.74. The van der Waals surface area contributed by atoms with Crippen molar-refractivity contribution in [2.45, 2.75) is 6.92 Å². The zero-order chi connectivity index (χ0) is 16.2. The molecule has 0 bridgehead atoms. The standard InChI is InChI=1S/C17H16N4O2/c1-11-13(4-3-5-14(11)17-19-9-21-23-17)12-6-7-15(20-10-22)16(8-12)18-2/h3-10,18H,1-2H3,(H,20,22). The van der Waals surface area contributed by atoms with E-state index in [0.29, 0.717) is 12.3 Å². The van der Waals surface area contributed by atoms with Crippen LogP contribution in [0.2, 0.25) is 0 Å². The Morgan fingerprint density at radius 3 is 2.65 bits per heavy atom. The summed E-state index contributed by atoms with van der Waals surface area (Å²) >= 11 is 0. The Balaban J connectivity index is 2.09. The fourth-order valence-corrected chi connectivity index (χ4v) is 2.58. The molecule has 1 amide bonds. The van der Waals surface area contributed by atoms with E-state index in [9.17, 15) is 4.79 Å². The van der Waals surface area contributed by atoms with Crippen molar-refractivity contribution in [1.29, 1.82) is 0 Å². The highest BCUT2D eigenvalue weighted by Crippen LogP contribution is 2.34. The minimum atomic E-state index is 0.498. The molecule has 23 heavy (non-hydrogen) atoms. The van der Waals surface area contributed by atoms with E-state index in [-0.39, 0.29) is 0 Å². The first-order valence-electron chi connectivity index (χ1n) is 7.13. The number of aromatic nitrogens is 2. The summed E-state index contributed by atoms with van der Waals surface area (Å²) in [7, 11) is 1.82. The largest absolute Gasteiger partial charge is 0.386 e. The van der Waals surface area contributed by atoms with Crippen LogP contribution in [0.4, 0.5) is 11.4 Å². The first-order valence-corrected chi connectivity index (χ1v) is 7.13. The van der Waals surface area contributed by atoms with E-state index < -0.39 is 0 Å². The molecule has 0 aliphatic heterocycles. The van der Waals surface area contributed by atoms with Crippen molar-refractivity contribution in [2.24, 2.45) is 0 Å². The lowest BCUT2D eigenvalue weighted by Crippen LogP contribution is -2.00. The average Bonchev–Trinajstić information content (AvgIpc) is 3.10. The smallest absolute Gasteiger partial charge is 0.257 e. The second-order valence-electron chi connectivity index (χ2n) is 5.00. The first kappa shape index (κ1) is 14.8. The molecule has 0 atom stereocenters. The van der Waals surface area contributed by atoms with E-state index in [1.807, 2.05) is 50.4 Å². The van der Waals surface area contributed by atoms with Crippen LogP contribution in [0.1, 0.15) is 5.56 Å². The quantitative estimate of drug-likeness (QED) is 0.707. The number of amides is 1. The Labute approximate surface area is 133 Å². The molecule has 1 heterocycles. The Hall–Kier alpha value is -3.15. The highest BCUT2D eigenvalue weighted by Gasteiger charge is 2.12. The Morgan fingerprint density at radius 2 is 1.96 bits per heavy atom. The molecule has 2 N–H and O–H groups in total. The van der Waals surface area contributed by atoms with Gasteiger partial charge in [-0.25, -0.2) is 0 Å². The van der Waals surface area contributed by atoms with Crippen LogP contribution in [0.3, 0.4) is 0 Å². The molecule has 0 saturated carbocycles. The molecule has 1 aromatic heterocycles. The van der Waals surface area contributed by atoms with Crippen LogP contribution in [0, 0.1) is 6.92 Å². The zero-order valence-electron chi connectivity index (χ0n) is 12.8. The summed E-state index contributed by atoms with van der Waals surface area (Å²) in [5, 5.41) is 9.43. The molecule has 0 radical (unpaired) electrons. The lowest BCUT2D eigenvalue weighted by molar-refractivity contribution is -0.105. The highest BCUT2D eigenvalue weighted by molar-refractivity contribution is 5.85. The van der Waals surface area contributed by atoms with E-state index in [4.69, 9.17) is 4.52 Å². The van der Waals surface area contributed by atoms with Gasteiger partial charge in [0, 0.05) is 12.6 Å². The van der Waals surface area contributed by atoms with Crippen LogP contribution in [-0.2, 0) is 4.79 Å². The van der Waals surface area contributed by atoms with Gasteiger partial charge < -0.3 is 15.2 Å². The molecule has 116 valence electrons. The van der Waals surface area contributed by atoms with Gasteiger partial charge in [0.2, 0.25) is 6.41 Å². The van der Waals surface area contributed by atoms with E-state index in [1.165, 1.54) is 6.33 Å². The molecule has 0 spiro atoms. The maximum Gasteiger partial charge on any atom is 0.257 e. The van der Waals surface area contributed by atoms with Gasteiger partial charge in [-0.15, -0.1) is 0 Å². The van der Waals surface area contributed by atoms with Gasteiger partial charge >= 0.3 is 0 Å². The third-order valence-corrected chi connectivity index (χ3v) is 3.74. The van der Waals surface area contributed by atoms with Crippen molar-refractivity contribution >= 4 is 17.8 Å². The number of rotatable bonds is 5. The predicted octanol–water partition coefficient (Wildman–Crippen LogP) is 3.32. The first-order chi connectivity index (χ1) is 11.2. The number of nitrogens with one attached hydrogen (secondary N) is 2. The summed E-state index contributed by atoms with van der Waals surface area (Å²) < 4.78 is 5.16. The zero-order valence-corrected chi connectivity index (χ0v) is 12.8. The van der Waals surface area contributed by atoms with Crippen molar-refractivity contribution in [3.63, 3.8) is 0 Å². The number of hydrogen-bond acceptors (Lipinski definition) is 5. The summed E-state index contributed by atoms with van der Waals surface area (Å²) in [6.45, 7) is 2.02. The van der Waals surface area contributed by atoms with Gasteiger partial charge in [0.05, 0.1) is 11.4 Å². The molecule has 6 nitrogen and oxygen atoms in total. The molecule has 3 aromatic rings. The number of carbonyl (C=O) groups is 1. The molecule has 0 fully saturated rings. The van der Waals surface area contributed by atoms with Crippen molar-refractivity contribution < 1.29 is 9.32 Å². The maximum atomic E-state index is 10.7. The Morgan fingerprint density at radius 1 is 1.13 bits per heavy atom. The van der Waals surface area contributed by atoms with Crippen molar-refractivity contribution in [3.8, 4) is 22.6 Å². The summed E-state index contributed by atoms with van der Waals surface area (Å²) in [5.74, 6) is 0.498. The number of anilines is 2. The third kappa shape index (κ3) is 2.78. The van der Waals surface area contributed by atoms with Crippen LogP contribution in [0.15, 0.2) is 47.2 Å². The minimum Gasteiger partial charge on any atom is -0.386 e. The lowest BCUT2D eigenvalue weighted by atomic mass is 9.95. The number of benzene rings is 2. The Bertz CT molecular complexity index is 829. The number of hydrogen-bond donors (Lipinski definition) is 2. The molecule has 0 saturated heterocycles. The van der Waals surface area contributed by atoms with E-state index in [0.717, 1.165) is 33.6 Å². The minimum absolute atomic E-state index is 0.498. The second kappa shape index (κ2) is 6.31. The Kier molecular flexibility index (Phi) is 4.05. The van der Waals surface area contributed by atoms with E-state index in [2.05, 4.69) is 20.8 Å². The fraction of sp³-hybridized carbons (Fsp3) is 0.118. The van der Waals surface area contributed by atoms with Gasteiger partial charge in [-0.1, -0.05) is 23.4 Å². The summed E-state index contributed by atoms with van der Waals surface area (Å²) in [4.78, 5) is 14.8. The van der Waals surface area contributed by atoms with Gasteiger partial charge in [0.1, 0.15) is 0 Å². The van der Waals surface area contributed by atoms with Crippen LogP contribution in [0.25, 0.3) is 22.6 Å². The topological polar surface area (TPSA) is 80.1 Å². The van der Waals surface area contributed by atoms with Crippen molar-refractivity contribution in [3.05, 3.63) is 48.3 Å². The maximum absolute atomic E-state index is 10.7. The van der Waals surface area contributed by atoms with Crippen LogP contribution in [0.5, 0.6) is 0 Å². The van der Waals surface area contributed by atoms with Crippen LogP contribution >= 0.6 is 0 Å². The summed E-state index contributed by atoms with van der Waals surface area (Å²) in [6, 6.07) is 11.8. The van der Waals surface area contributed by atoms with Gasteiger partial charge in [-0.2, -0.15) is 4.98 Å².